The highest BCUT2D eigenvalue weighted by Crippen LogP contribution is 2.66. The molecular weight excluding hydrogens is 382 g/mol. The molecule has 1 heterocycles. The third kappa shape index (κ3) is 2.80. The number of fused-ring (bicyclic) bond motifs is 5. The van der Waals surface area contributed by atoms with E-state index in [4.69, 9.17) is 0 Å². The predicted molar refractivity (Wildman–Crippen MR) is 113 cm³/mol. The van der Waals surface area contributed by atoms with Crippen LogP contribution in [0.1, 0.15) is 76.3 Å². The maximum absolute atomic E-state index is 13.2. The summed E-state index contributed by atoms with van der Waals surface area (Å²) in [5.41, 5.74) is 4.62. The average Bonchev–Trinajstić information content (AvgIpc) is 3.10. The van der Waals surface area contributed by atoms with Gasteiger partial charge in [0.25, 0.3) is 6.43 Å². The summed E-state index contributed by atoms with van der Waals surface area (Å²) in [7, 11) is 0. The summed E-state index contributed by atoms with van der Waals surface area (Å²) >= 11 is 0. The molecule has 160 valence electrons. The topological polar surface area (TPSA) is 45.5 Å². The number of halogens is 2. The lowest BCUT2D eigenvalue weighted by molar-refractivity contribution is -0.0190. The summed E-state index contributed by atoms with van der Waals surface area (Å²) in [6, 6.07) is 1.64. The first-order chi connectivity index (χ1) is 14.4. The number of alkyl halides is 2. The molecule has 5 atom stereocenters. The fraction of sp³-hybridized carbons (Fsp3) is 0.600. The molecule has 0 unspecified atom stereocenters. The first-order valence-electron chi connectivity index (χ1n) is 11.2. The Bertz CT molecular complexity index is 952. The minimum absolute atomic E-state index is 0.0117. The van der Waals surface area contributed by atoms with E-state index in [0.717, 1.165) is 49.8 Å². The zero-order valence-corrected chi connectivity index (χ0v) is 17.7. The molecule has 2 saturated carbocycles. The number of oxime groups is 1. The Balaban J connectivity index is 1.45. The van der Waals surface area contributed by atoms with E-state index in [1.807, 2.05) is 0 Å². The van der Waals surface area contributed by atoms with E-state index >= 15 is 0 Å². The number of pyridine rings is 1. The molecule has 1 N–H and O–H groups in total. The van der Waals surface area contributed by atoms with Crippen molar-refractivity contribution in [2.45, 2.75) is 65.2 Å². The molecule has 0 amide bonds. The summed E-state index contributed by atoms with van der Waals surface area (Å²) in [5.74, 6) is 1.86. The summed E-state index contributed by atoms with van der Waals surface area (Å²) in [4.78, 5) is 4.12. The van der Waals surface area contributed by atoms with E-state index in [0.29, 0.717) is 17.8 Å². The van der Waals surface area contributed by atoms with Gasteiger partial charge in [0.1, 0.15) is 0 Å². The Kier molecular flexibility index (Phi) is 4.64. The van der Waals surface area contributed by atoms with Crippen molar-refractivity contribution in [3.63, 3.8) is 0 Å². The van der Waals surface area contributed by atoms with Crippen LogP contribution in [0.4, 0.5) is 8.78 Å². The van der Waals surface area contributed by atoms with Crippen LogP contribution < -0.4 is 0 Å². The van der Waals surface area contributed by atoms with Crippen LogP contribution in [-0.4, -0.2) is 15.9 Å². The van der Waals surface area contributed by atoms with Gasteiger partial charge in [-0.2, -0.15) is 0 Å². The lowest BCUT2D eigenvalue weighted by atomic mass is 9.46. The summed E-state index contributed by atoms with van der Waals surface area (Å²) in [6.07, 6.45) is 12.4. The molecule has 4 aliphatic carbocycles. The van der Waals surface area contributed by atoms with Crippen LogP contribution in [-0.2, 0) is 0 Å². The first-order valence-corrected chi connectivity index (χ1v) is 11.2. The van der Waals surface area contributed by atoms with Gasteiger partial charge in [-0.15, -0.1) is 0 Å². The number of rotatable bonds is 2. The van der Waals surface area contributed by atoms with Gasteiger partial charge in [0.2, 0.25) is 0 Å². The maximum Gasteiger partial charge on any atom is 0.265 e. The molecule has 1 aromatic heterocycles. The maximum atomic E-state index is 13.2. The molecule has 5 heteroatoms. The first kappa shape index (κ1) is 19.9. The summed E-state index contributed by atoms with van der Waals surface area (Å²) in [5, 5.41) is 12.7. The molecule has 30 heavy (non-hydrogen) atoms. The van der Waals surface area contributed by atoms with Crippen LogP contribution in [0.15, 0.2) is 41.3 Å². The Morgan fingerprint density at radius 1 is 1.10 bits per heavy atom. The Labute approximate surface area is 177 Å². The van der Waals surface area contributed by atoms with Crippen molar-refractivity contribution >= 4 is 11.3 Å². The Morgan fingerprint density at radius 2 is 1.93 bits per heavy atom. The lowest BCUT2D eigenvalue weighted by Crippen LogP contribution is -2.49. The zero-order valence-electron chi connectivity index (χ0n) is 17.7. The summed E-state index contributed by atoms with van der Waals surface area (Å²) < 4.78 is 26.5. The molecule has 5 rings (SSSR count). The molecule has 0 aromatic carbocycles. The second kappa shape index (κ2) is 7.00. The third-order valence-corrected chi connectivity index (χ3v) is 9.01. The van der Waals surface area contributed by atoms with Crippen molar-refractivity contribution < 1.29 is 14.0 Å². The molecule has 0 radical (unpaired) electrons. The third-order valence-electron chi connectivity index (χ3n) is 9.01. The molecule has 1 aromatic rings. The highest BCUT2D eigenvalue weighted by atomic mass is 19.3. The molecule has 2 fully saturated rings. The number of nitrogens with zero attached hydrogens (tertiary/aromatic N) is 2. The second-order valence-electron chi connectivity index (χ2n) is 10.2. The fourth-order valence-corrected chi connectivity index (χ4v) is 7.39. The van der Waals surface area contributed by atoms with Crippen LogP contribution in [0.25, 0.3) is 5.57 Å². The molecule has 3 nitrogen and oxygen atoms in total. The quantitative estimate of drug-likeness (QED) is 0.429. The van der Waals surface area contributed by atoms with Gasteiger partial charge in [0, 0.05) is 18.0 Å². The van der Waals surface area contributed by atoms with Crippen molar-refractivity contribution in [3.05, 3.63) is 47.3 Å². The van der Waals surface area contributed by atoms with Crippen LogP contribution in [0, 0.1) is 28.6 Å². The SMILES string of the molecule is C[C@]12CCC(=NO)C=C1CC[C@@H]1[C@@H]2CC[C@]2(C)C(c3cncc(C(F)F)c3)=CC[C@@H]12. The van der Waals surface area contributed by atoms with Crippen LogP contribution in [0.3, 0.4) is 0 Å². The standard InChI is InChI=1S/C25H30F2N2O/c1-24-9-7-18(29-30)12-17(24)3-4-19-21-6-5-20(25(21,2)10-8-22(19)24)15-11-16(23(26)27)14-28-13-15/h5,11-14,19,21-23,30H,3-4,6-10H2,1-2H3/t19-,21-,22-,24-,25+/m0/s1. The van der Waals surface area contributed by atoms with Gasteiger partial charge < -0.3 is 5.21 Å². The Hall–Kier alpha value is -2.04. The summed E-state index contributed by atoms with van der Waals surface area (Å²) in [6.45, 7) is 4.78. The molecular formula is C25H30F2N2O. The van der Waals surface area contributed by atoms with Gasteiger partial charge in [0.15, 0.2) is 0 Å². The monoisotopic (exact) mass is 412 g/mol. The van der Waals surface area contributed by atoms with Crippen molar-refractivity contribution in [1.29, 1.82) is 0 Å². The minimum atomic E-state index is -2.49. The Morgan fingerprint density at radius 3 is 2.70 bits per heavy atom. The van der Waals surface area contributed by atoms with Crippen LogP contribution in [0.5, 0.6) is 0 Å². The smallest absolute Gasteiger partial charge is 0.265 e. The van der Waals surface area contributed by atoms with E-state index in [9.17, 15) is 14.0 Å². The van der Waals surface area contributed by atoms with E-state index in [2.05, 4.69) is 36.1 Å². The highest BCUT2D eigenvalue weighted by Gasteiger charge is 2.57. The van der Waals surface area contributed by atoms with Gasteiger partial charge >= 0.3 is 0 Å². The molecule has 0 spiro atoms. The highest BCUT2D eigenvalue weighted by molar-refractivity contribution is 5.96. The van der Waals surface area contributed by atoms with E-state index < -0.39 is 6.43 Å². The number of hydrogen-bond donors (Lipinski definition) is 1. The van der Waals surface area contributed by atoms with E-state index in [1.165, 1.54) is 23.8 Å². The van der Waals surface area contributed by atoms with Crippen LogP contribution in [0.2, 0.25) is 0 Å². The predicted octanol–water partition coefficient (Wildman–Crippen LogP) is 6.81. The van der Waals surface area contributed by atoms with E-state index in [-0.39, 0.29) is 16.4 Å². The molecule has 4 aliphatic rings. The van der Waals surface area contributed by atoms with Crippen LogP contribution >= 0.6 is 0 Å². The van der Waals surface area contributed by atoms with Gasteiger partial charge in [-0.3, -0.25) is 4.98 Å². The number of allylic oxidation sites excluding steroid dienone is 4. The normalized spacial score (nSPS) is 39.2. The molecule has 0 aliphatic heterocycles. The van der Waals surface area contributed by atoms with E-state index in [1.54, 1.807) is 12.3 Å². The lowest BCUT2D eigenvalue weighted by Gasteiger charge is -2.58. The largest absolute Gasteiger partial charge is 0.411 e. The van der Waals surface area contributed by atoms with Crippen molar-refractivity contribution in [3.8, 4) is 0 Å². The van der Waals surface area contributed by atoms with Crippen molar-refractivity contribution in [2.75, 3.05) is 0 Å². The van der Waals surface area contributed by atoms with Gasteiger partial charge in [-0.25, -0.2) is 8.78 Å². The molecule has 0 bridgehead atoms. The number of hydrogen-bond acceptors (Lipinski definition) is 3. The fourth-order valence-electron chi connectivity index (χ4n) is 7.39. The van der Waals surface area contributed by atoms with Gasteiger partial charge in [0.05, 0.1) is 5.71 Å². The zero-order chi connectivity index (χ0) is 21.1. The van der Waals surface area contributed by atoms with Gasteiger partial charge in [-0.1, -0.05) is 30.7 Å². The average molecular weight is 413 g/mol. The number of aromatic nitrogens is 1. The van der Waals surface area contributed by atoms with Crippen molar-refractivity contribution in [1.82, 2.24) is 4.98 Å². The van der Waals surface area contributed by atoms with Crippen molar-refractivity contribution in [2.24, 2.45) is 33.7 Å². The molecule has 0 saturated heterocycles. The second-order valence-corrected chi connectivity index (χ2v) is 10.2. The van der Waals surface area contributed by atoms with Gasteiger partial charge in [-0.05, 0) is 96.8 Å². The minimum Gasteiger partial charge on any atom is -0.411 e.